The van der Waals surface area contributed by atoms with Crippen molar-refractivity contribution < 1.29 is 0 Å². The van der Waals surface area contributed by atoms with E-state index in [1.807, 2.05) is 0 Å². The zero-order chi connectivity index (χ0) is 5.82. The van der Waals surface area contributed by atoms with Crippen molar-refractivity contribution in [2.75, 3.05) is 6.54 Å². The maximum absolute atomic E-state index is 6.75. The second-order valence-electron chi connectivity index (χ2n) is 1.99. The Morgan fingerprint density at radius 3 is 2.75 bits per heavy atom. The molecule has 0 aromatic rings. The molecule has 0 spiro atoms. The first kappa shape index (κ1) is 5.39. The predicted molar refractivity (Wildman–Crippen MR) is 33.1 cm³/mol. The van der Waals surface area contributed by atoms with Crippen LogP contribution in [0.25, 0.3) is 0 Å². The highest BCUT2D eigenvalue weighted by molar-refractivity contribution is 5.53. The van der Waals surface area contributed by atoms with E-state index in [9.17, 15) is 0 Å². The Hall–Kier alpha value is -0.750. The summed E-state index contributed by atoms with van der Waals surface area (Å²) in [6.45, 7) is 1.03. The van der Waals surface area contributed by atoms with Crippen molar-refractivity contribution in [1.82, 2.24) is 5.32 Å². The predicted octanol–water partition coefficient (Wildman–Crippen LogP) is 0.892. The van der Waals surface area contributed by atoms with E-state index >= 15 is 0 Å². The van der Waals surface area contributed by atoms with Crippen molar-refractivity contribution in [3.8, 4) is 0 Å². The van der Waals surface area contributed by atoms with E-state index in [1.165, 1.54) is 12.8 Å². The van der Waals surface area contributed by atoms with E-state index < -0.39 is 0 Å². The minimum Gasteiger partial charge on any atom is -0.381 e. The summed E-state index contributed by atoms with van der Waals surface area (Å²) in [6, 6.07) is 0. The number of hydrogen-bond acceptors (Lipinski definition) is 2. The van der Waals surface area contributed by atoms with Gasteiger partial charge < -0.3 is 5.32 Å². The molecule has 0 unspecified atom stereocenters. The Kier molecular flexibility index (Phi) is 1.70. The van der Waals surface area contributed by atoms with E-state index in [0.29, 0.717) is 0 Å². The molecule has 0 bridgehead atoms. The van der Waals surface area contributed by atoms with Crippen molar-refractivity contribution in [1.29, 1.82) is 5.41 Å². The molecule has 2 N–H and O–H groups in total. The van der Waals surface area contributed by atoms with E-state index in [4.69, 9.17) is 5.41 Å². The zero-order valence-electron chi connectivity index (χ0n) is 4.83. The number of nitrogens with one attached hydrogen (secondary N) is 2. The first-order valence-corrected chi connectivity index (χ1v) is 2.96. The Morgan fingerprint density at radius 1 is 1.50 bits per heavy atom. The van der Waals surface area contributed by atoms with Crippen LogP contribution in [0.15, 0.2) is 5.70 Å². The van der Waals surface area contributed by atoms with Crippen molar-refractivity contribution >= 4 is 5.87 Å². The average Bonchev–Trinajstić information content (AvgIpc) is 1.90. The Bertz CT molecular complexity index is 114. The topological polar surface area (TPSA) is 35.9 Å². The van der Waals surface area contributed by atoms with Gasteiger partial charge in [0.15, 0.2) is 0 Å². The molecule has 0 aromatic heterocycles. The molecule has 0 amide bonds. The van der Waals surface area contributed by atoms with Crippen LogP contribution in [0.5, 0.6) is 0 Å². The zero-order valence-corrected chi connectivity index (χ0v) is 4.83. The first-order chi connectivity index (χ1) is 3.93. The van der Waals surface area contributed by atoms with Crippen molar-refractivity contribution in [2.24, 2.45) is 0 Å². The summed E-state index contributed by atoms with van der Waals surface area (Å²) in [4.78, 5) is 0. The fourth-order valence-corrected chi connectivity index (χ4v) is 0.861. The third-order valence-electron chi connectivity index (χ3n) is 1.34. The lowest BCUT2D eigenvalue weighted by atomic mass is 10.1. The number of allylic oxidation sites excluding steroid dienone is 1. The van der Waals surface area contributed by atoms with Crippen LogP contribution in [0.3, 0.4) is 0 Å². The van der Waals surface area contributed by atoms with Crippen molar-refractivity contribution in [3.05, 3.63) is 5.70 Å². The molecular weight excluding hydrogens is 100 g/mol. The van der Waals surface area contributed by atoms with Crippen LogP contribution in [0.2, 0.25) is 0 Å². The van der Waals surface area contributed by atoms with Gasteiger partial charge in [0, 0.05) is 6.54 Å². The summed E-state index contributed by atoms with van der Waals surface area (Å²) < 4.78 is 0. The quantitative estimate of drug-likeness (QED) is 0.446. The van der Waals surface area contributed by atoms with Gasteiger partial charge in [-0.1, -0.05) is 0 Å². The summed E-state index contributed by atoms with van der Waals surface area (Å²) >= 11 is 0. The third kappa shape index (κ3) is 1.11. The number of hydrogen-bond donors (Lipinski definition) is 2. The Balaban J connectivity index is 2.45. The molecule has 44 valence electrons. The van der Waals surface area contributed by atoms with Crippen LogP contribution in [0.4, 0.5) is 0 Å². The molecule has 0 aromatic carbocycles. The normalized spacial score (nSPS) is 19.2. The first-order valence-electron chi connectivity index (χ1n) is 2.96. The van der Waals surface area contributed by atoms with Crippen LogP contribution in [-0.4, -0.2) is 12.4 Å². The maximum Gasteiger partial charge on any atom is 0.0728 e. The van der Waals surface area contributed by atoms with E-state index in [-0.39, 0.29) is 0 Å². The van der Waals surface area contributed by atoms with Gasteiger partial charge in [0.1, 0.15) is 0 Å². The van der Waals surface area contributed by atoms with Crippen molar-refractivity contribution in [3.63, 3.8) is 0 Å². The second kappa shape index (κ2) is 2.53. The number of piperidine rings is 1. The lowest BCUT2D eigenvalue weighted by molar-refractivity contribution is 0.594. The summed E-state index contributed by atoms with van der Waals surface area (Å²) in [6.07, 6.45) is 3.48. The molecule has 0 saturated carbocycles. The van der Waals surface area contributed by atoms with E-state index in [1.54, 1.807) is 0 Å². The molecule has 1 aliphatic heterocycles. The van der Waals surface area contributed by atoms with Gasteiger partial charge in [0.05, 0.1) is 5.70 Å². The van der Waals surface area contributed by atoms with Crippen LogP contribution in [0.1, 0.15) is 19.3 Å². The minimum atomic E-state index is 0.969. The highest BCUT2D eigenvalue weighted by Crippen LogP contribution is 2.05. The molecule has 1 rings (SSSR count). The molecule has 1 aliphatic rings. The van der Waals surface area contributed by atoms with Crippen LogP contribution in [-0.2, 0) is 0 Å². The highest BCUT2D eigenvalue weighted by atomic mass is 14.9. The average molecular weight is 110 g/mol. The van der Waals surface area contributed by atoms with Gasteiger partial charge >= 0.3 is 0 Å². The third-order valence-corrected chi connectivity index (χ3v) is 1.34. The molecule has 2 heteroatoms. The molecule has 0 atom stereocenters. The van der Waals surface area contributed by atoms with Crippen LogP contribution in [0, 0.1) is 5.41 Å². The second-order valence-corrected chi connectivity index (χ2v) is 1.99. The highest BCUT2D eigenvalue weighted by Gasteiger charge is 2.01. The monoisotopic (exact) mass is 110 g/mol. The number of rotatable bonds is 0. The molecule has 2 nitrogen and oxygen atoms in total. The molecule has 8 heavy (non-hydrogen) atoms. The summed E-state index contributed by atoms with van der Waals surface area (Å²) in [5.41, 5.74) is 0.969. The summed E-state index contributed by atoms with van der Waals surface area (Å²) in [5, 5.41) is 9.83. The smallest absolute Gasteiger partial charge is 0.0728 e. The maximum atomic E-state index is 6.75. The summed E-state index contributed by atoms with van der Waals surface area (Å²) in [5.74, 6) is 2.36. The molecule has 0 aliphatic carbocycles. The van der Waals surface area contributed by atoms with E-state index in [0.717, 1.165) is 18.7 Å². The summed E-state index contributed by atoms with van der Waals surface area (Å²) in [7, 11) is 0. The SMILES string of the molecule is N=C=C1CCCCN1. The van der Waals surface area contributed by atoms with Gasteiger partial charge in [-0.05, 0) is 25.1 Å². The lowest BCUT2D eigenvalue weighted by Crippen LogP contribution is -2.19. The van der Waals surface area contributed by atoms with E-state index in [2.05, 4.69) is 11.2 Å². The van der Waals surface area contributed by atoms with Crippen molar-refractivity contribution in [2.45, 2.75) is 19.3 Å². The lowest BCUT2D eigenvalue weighted by Gasteiger charge is -2.12. The van der Waals surface area contributed by atoms with Crippen LogP contribution < -0.4 is 5.32 Å². The van der Waals surface area contributed by atoms with Gasteiger partial charge in [-0.3, -0.25) is 5.41 Å². The standard InChI is InChI=1S/C6H10N2/c7-5-6-3-1-2-4-8-6/h7-8H,1-4H2. The molecular formula is C6H10N2. The Morgan fingerprint density at radius 2 is 2.38 bits per heavy atom. The molecule has 0 radical (unpaired) electrons. The largest absolute Gasteiger partial charge is 0.381 e. The van der Waals surface area contributed by atoms with Gasteiger partial charge in [-0.15, -0.1) is 0 Å². The Labute approximate surface area is 49.1 Å². The fourth-order valence-electron chi connectivity index (χ4n) is 0.861. The van der Waals surface area contributed by atoms with Gasteiger partial charge in [0.25, 0.3) is 0 Å². The van der Waals surface area contributed by atoms with Gasteiger partial charge in [0.2, 0.25) is 0 Å². The van der Waals surface area contributed by atoms with Crippen LogP contribution >= 0.6 is 0 Å². The minimum absolute atomic E-state index is 0.969. The fraction of sp³-hybridized carbons (Fsp3) is 0.667. The van der Waals surface area contributed by atoms with Gasteiger partial charge in [-0.25, -0.2) is 0 Å². The van der Waals surface area contributed by atoms with Gasteiger partial charge in [-0.2, -0.15) is 0 Å². The molecule has 1 saturated heterocycles. The molecule has 1 fully saturated rings. The molecule has 1 heterocycles.